The molecule has 0 aliphatic heterocycles. The van der Waals surface area contributed by atoms with Crippen LogP contribution in [0.15, 0.2) is 0 Å². The summed E-state index contributed by atoms with van der Waals surface area (Å²) in [6.45, 7) is 6.15. The summed E-state index contributed by atoms with van der Waals surface area (Å²) in [7, 11) is 0. The van der Waals surface area contributed by atoms with E-state index in [0.29, 0.717) is 13.0 Å². The fraction of sp³-hybridized carbons (Fsp3) is 0.917. The number of ether oxygens (including phenoxy) is 1. The van der Waals surface area contributed by atoms with Gasteiger partial charge in [0.25, 0.3) is 0 Å². The number of aliphatic hydroxyl groups excluding tert-OH is 1. The van der Waals surface area contributed by atoms with Crippen LogP contribution in [0.25, 0.3) is 0 Å². The molecule has 0 fully saturated rings. The van der Waals surface area contributed by atoms with Gasteiger partial charge in [0, 0.05) is 0 Å². The Morgan fingerprint density at radius 2 is 1.93 bits per heavy atom. The predicted octanol–water partition coefficient (Wildman–Crippen LogP) is 2.52. The SMILES string of the molecule is CCCCCCOC(=O)[C@@H](CC)[C@H](C)O. The van der Waals surface area contributed by atoms with Gasteiger partial charge in [0.05, 0.1) is 18.6 Å². The Morgan fingerprint density at radius 1 is 1.27 bits per heavy atom. The van der Waals surface area contributed by atoms with Crippen molar-refractivity contribution in [1.29, 1.82) is 0 Å². The first-order chi connectivity index (χ1) is 7.13. The molecule has 0 amide bonds. The third-order valence-electron chi connectivity index (χ3n) is 2.57. The monoisotopic (exact) mass is 216 g/mol. The Bertz CT molecular complexity index is 166. The van der Waals surface area contributed by atoms with Crippen LogP contribution >= 0.6 is 0 Å². The van der Waals surface area contributed by atoms with Crippen molar-refractivity contribution >= 4 is 5.97 Å². The molecule has 0 saturated heterocycles. The van der Waals surface area contributed by atoms with Gasteiger partial charge in [-0.15, -0.1) is 0 Å². The first kappa shape index (κ1) is 14.4. The number of unbranched alkanes of at least 4 members (excludes halogenated alkanes) is 3. The van der Waals surface area contributed by atoms with Gasteiger partial charge in [-0.2, -0.15) is 0 Å². The summed E-state index contributed by atoms with van der Waals surface area (Å²) in [6.07, 6.45) is 4.42. The van der Waals surface area contributed by atoms with E-state index in [9.17, 15) is 9.90 Å². The van der Waals surface area contributed by atoms with Crippen molar-refractivity contribution in [2.45, 2.75) is 59.0 Å². The number of aliphatic hydroxyl groups is 1. The minimum absolute atomic E-state index is 0.260. The maximum atomic E-state index is 11.5. The van der Waals surface area contributed by atoms with Crippen molar-refractivity contribution in [2.75, 3.05) is 6.61 Å². The van der Waals surface area contributed by atoms with Gasteiger partial charge in [-0.3, -0.25) is 4.79 Å². The van der Waals surface area contributed by atoms with Gasteiger partial charge in [-0.1, -0.05) is 33.1 Å². The molecule has 0 unspecified atom stereocenters. The number of rotatable bonds is 8. The third kappa shape index (κ3) is 6.50. The van der Waals surface area contributed by atoms with Gasteiger partial charge in [-0.25, -0.2) is 0 Å². The molecule has 1 N–H and O–H groups in total. The fourth-order valence-corrected chi connectivity index (χ4v) is 1.51. The highest BCUT2D eigenvalue weighted by Crippen LogP contribution is 2.11. The Kier molecular flexibility index (Phi) is 8.38. The van der Waals surface area contributed by atoms with Gasteiger partial charge in [0.15, 0.2) is 0 Å². The normalized spacial score (nSPS) is 14.7. The number of esters is 1. The highest BCUT2D eigenvalue weighted by atomic mass is 16.5. The Hall–Kier alpha value is -0.570. The summed E-state index contributed by atoms with van der Waals surface area (Å²) in [5, 5.41) is 9.32. The van der Waals surface area contributed by atoms with Gasteiger partial charge in [-0.05, 0) is 19.8 Å². The van der Waals surface area contributed by atoms with Gasteiger partial charge >= 0.3 is 5.97 Å². The molecule has 0 radical (unpaired) electrons. The predicted molar refractivity (Wildman–Crippen MR) is 60.6 cm³/mol. The largest absolute Gasteiger partial charge is 0.465 e. The number of hydrogen-bond donors (Lipinski definition) is 1. The molecule has 0 bridgehead atoms. The molecular formula is C12H24O3. The molecule has 0 rings (SSSR count). The van der Waals surface area contributed by atoms with Crippen molar-refractivity contribution in [3.8, 4) is 0 Å². The summed E-state index contributed by atoms with van der Waals surface area (Å²) in [6, 6.07) is 0. The van der Waals surface area contributed by atoms with E-state index in [1.54, 1.807) is 6.92 Å². The molecule has 0 aromatic heterocycles. The van der Waals surface area contributed by atoms with E-state index in [0.717, 1.165) is 12.8 Å². The van der Waals surface area contributed by atoms with Crippen molar-refractivity contribution < 1.29 is 14.6 Å². The molecule has 3 nitrogen and oxygen atoms in total. The molecule has 0 heterocycles. The van der Waals surface area contributed by atoms with E-state index >= 15 is 0 Å². The Labute approximate surface area is 92.8 Å². The van der Waals surface area contributed by atoms with Crippen LogP contribution in [0.1, 0.15) is 52.9 Å². The van der Waals surface area contributed by atoms with Crippen LogP contribution in [-0.2, 0) is 9.53 Å². The van der Waals surface area contributed by atoms with Crippen LogP contribution in [0.4, 0.5) is 0 Å². The molecule has 2 atom stereocenters. The third-order valence-corrected chi connectivity index (χ3v) is 2.57. The minimum atomic E-state index is -0.613. The van der Waals surface area contributed by atoms with Crippen LogP contribution in [0, 0.1) is 5.92 Å². The summed E-state index contributed by atoms with van der Waals surface area (Å²) in [4.78, 5) is 11.5. The van der Waals surface area contributed by atoms with Crippen molar-refractivity contribution in [2.24, 2.45) is 5.92 Å². The van der Waals surface area contributed by atoms with E-state index in [1.807, 2.05) is 6.92 Å². The van der Waals surface area contributed by atoms with Crippen LogP contribution in [0.3, 0.4) is 0 Å². The lowest BCUT2D eigenvalue weighted by molar-refractivity contribution is -0.152. The smallest absolute Gasteiger partial charge is 0.311 e. The van der Waals surface area contributed by atoms with Crippen LogP contribution in [0.5, 0.6) is 0 Å². The van der Waals surface area contributed by atoms with Crippen molar-refractivity contribution in [3.05, 3.63) is 0 Å². The van der Waals surface area contributed by atoms with Crippen molar-refractivity contribution in [3.63, 3.8) is 0 Å². The summed E-state index contributed by atoms with van der Waals surface area (Å²) in [5.41, 5.74) is 0. The summed E-state index contributed by atoms with van der Waals surface area (Å²) in [5.74, 6) is -0.625. The lowest BCUT2D eigenvalue weighted by atomic mass is 10.0. The van der Waals surface area contributed by atoms with Gasteiger partial charge < -0.3 is 9.84 Å². The van der Waals surface area contributed by atoms with Gasteiger partial charge in [0.1, 0.15) is 0 Å². The Morgan fingerprint density at radius 3 is 2.40 bits per heavy atom. The van der Waals surface area contributed by atoms with E-state index in [1.165, 1.54) is 12.8 Å². The molecule has 0 aromatic carbocycles. The topological polar surface area (TPSA) is 46.5 Å². The zero-order chi connectivity index (χ0) is 11.7. The fourth-order valence-electron chi connectivity index (χ4n) is 1.51. The first-order valence-corrected chi connectivity index (χ1v) is 5.98. The quantitative estimate of drug-likeness (QED) is 0.501. The average molecular weight is 216 g/mol. The first-order valence-electron chi connectivity index (χ1n) is 5.98. The average Bonchev–Trinajstić information content (AvgIpc) is 2.18. The molecule has 0 aliphatic carbocycles. The number of carbonyl (C=O) groups excluding carboxylic acids is 1. The maximum absolute atomic E-state index is 11.5. The minimum Gasteiger partial charge on any atom is -0.465 e. The summed E-state index contributed by atoms with van der Waals surface area (Å²) < 4.78 is 5.10. The van der Waals surface area contributed by atoms with Crippen molar-refractivity contribution in [1.82, 2.24) is 0 Å². The van der Waals surface area contributed by atoms with Crippen LogP contribution in [-0.4, -0.2) is 23.8 Å². The molecule has 0 aliphatic rings. The molecule has 15 heavy (non-hydrogen) atoms. The second-order valence-electron chi connectivity index (χ2n) is 3.98. The molecule has 0 saturated carbocycles. The second kappa shape index (κ2) is 8.72. The molecule has 0 aromatic rings. The lowest BCUT2D eigenvalue weighted by Crippen LogP contribution is -2.27. The number of carbonyl (C=O) groups is 1. The summed E-state index contributed by atoms with van der Waals surface area (Å²) >= 11 is 0. The molecular weight excluding hydrogens is 192 g/mol. The van der Waals surface area contributed by atoms with Crippen LogP contribution < -0.4 is 0 Å². The van der Waals surface area contributed by atoms with E-state index < -0.39 is 6.10 Å². The second-order valence-corrected chi connectivity index (χ2v) is 3.98. The molecule has 0 spiro atoms. The molecule has 3 heteroatoms. The zero-order valence-corrected chi connectivity index (χ0v) is 10.2. The van der Waals surface area contributed by atoms with E-state index in [2.05, 4.69) is 6.92 Å². The highest BCUT2D eigenvalue weighted by Gasteiger charge is 2.22. The van der Waals surface area contributed by atoms with E-state index in [-0.39, 0.29) is 11.9 Å². The highest BCUT2D eigenvalue weighted by molar-refractivity contribution is 5.72. The van der Waals surface area contributed by atoms with Crippen LogP contribution in [0.2, 0.25) is 0 Å². The van der Waals surface area contributed by atoms with E-state index in [4.69, 9.17) is 4.74 Å². The number of hydrogen-bond acceptors (Lipinski definition) is 3. The molecule has 90 valence electrons. The standard InChI is InChI=1S/C12H24O3/c1-4-6-7-8-9-15-12(14)11(5-2)10(3)13/h10-11,13H,4-9H2,1-3H3/t10-,11-/m0/s1. The maximum Gasteiger partial charge on any atom is 0.311 e. The zero-order valence-electron chi connectivity index (χ0n) is 10.2. The van der Waals surface area contributed by atoms with Gasteiger partial charge in [0.2, 0.25) is 0 Å². The Balaban J connectivity index is 3.63. The lowest BCUT2D eigenvalue weighted by Gasteiger charge is -2.16.